The summed E-state index contributed by atoms with van der Waals surface area (Å²) in [5, 5.41) is 4.09. The van der Waals surface area contributed by atoms with Crippen molar-refractivity contribution < 1.29 is 4.79 Å². The molecule has 0 saturated carbocycles. The van der Waals surface area contributed by atoms with Gasteiger partial charge in [0, 0.05) is 22.7 Å². The minimum Gasteiger partial charge on any atom is -0.310 e. The SMILES string of the molecule is O=C1Nc2ncccc2C12Cc1cc3ccc(-c4cccc(-c5ccccc5)c4)nc3cc1C2. The van der Waals surface area contributed by atoms with Crippen molar-refractivity contribution in [1.29, 1.82) is 0 Å². The van der Waals surface area contributed by atoms with Gasteiger partial charge < -0.3 is 5.32 Å². The van der Waals surface area contributed by atoms with Crippen LogP contribution in [0.25, 0.3) is 33.3 Å². The van der Waals surface area contributed by atoms with Gasteiger partial charge in [0.05, 0.1) is 16.6 Å². The predicted octanol–water partition coefficient (Wildman–Crippen LogP) is 5.95. The van der Waals surface area contributed by atoms with E-state index < -0.39 is 5.41 Å². The third-order valence-corrected chi connectivity index (χ3v) is 7.25. The maximum Gasteiger partial charge on any atom is 0.237 e. The lowest BCUT2D eigenvalue weighted by atomic mass is 9.79. The first-order valence-electron chi connectivity index (χ1n) is 11.6. The smallest absolute Gasteiger partial charge is 0.237 e. The van der Waals surface area contributed by atoms with Crippen LogP contribution in [0.15, 0.2) is 97.2 Å². The van der Waals surface area contributed by atoms with Crippen LogP contribution < -0.4 is 5.32 Å². The number of pyridine rings is 2. The molecule has 7 rings (SSSR count). The van der Waals surface area contributed by atoms with Crippen molar-refractivity contribution >= 4 is 22.6 Å². The van der Waals surface area contributed by atoms with Gasteiger partial charge in [-0.15, -0.1) is 0 Å². The molecule has 34 heavy (non-hydrogen) atoms. The Hall–Kier alpha value is -4.31. The first kappa shape index (κ1) is 19.2. The summed E-state index contributed by atoms with van der Waals surface area (Å²) in [7, 11) is 0. The second-order valence-electron chi connectivity index (χ2n) is 9.25. The molecule has 3 aromatic carbocycles. The van der Waals surface area contributed by atoms with Crippen LogP contribution in [0, 0.1) is 0 Å². The van der Waals surface area contributed by atoms with Gasteiger partial charge >= 0.3 is 0 Å². The van der Waals surface area contributed by atoms with E-state index in [-0.39, 0.29) is 5.91 Å². The molecule has 1 aliphatic heterocycles. The van der Waals surface area contributed by atoms with Gasteiger partial charge in [0.2, 0.25) is 5.91 Å². The van der Waals surface area contributed by atoms with Crippen LogP contribution in [0.3, 0.4) is 0 Å². The molecule has 1 spiro atoms. The number of nitrogens with zero attached hydrogens (tertiary/aromatic N) is 2. The lowest BCUT2D eigenvalue weighted by Gasteiger charge is -2.20. The Morgan fingerprint density at radius 3 is 2.41 bits per heavy atom. The van der Waals surface area contributed by atoms with Crippen molar-refractivity contribution in [2.45, 2.75) is 18.3 Å². The van der Waals surface area contributed by atoms with E-state index in [1.165, 1.54) is 22.3 Å². The molecule has 3 heterocycles. The Morgan fingerprint density at radius 1 is 0.735 bits per heavy atom. The normalized spacial score (nSPS) is 18.2. The number of nitrogens with one attached hydrogen (secondary N) is 1. The van der Waals surface area contributed by atoms with E-state index in [4.69, 9.17) is 4.98 Å². The van der Waals surface area contributed by atoms with Crippen LogP contribution in [0.1, 0.15) is 16.7 Å². The fraction of sp³-hybridized carbons (Fsp3) is 0.100. The minimum absolute atomic E-state index is 0.0489. The molecule has 4 heteroatoms. The van der Waals surface area contributed by atoms with Crippen LogP contribution in [-0.4, -0.2) is 15.9 Å². The number of aromatic nitrogens is 2. The zero-order valence-corrected chi connectivity index (χ0v) is 18.5. The van der Waals surface area contributed by atoms with E-state index in [9.17, 15) is 4.79 Å². The molecule has 1 amide bonds. The van der Waals surface area contributed by atoms with Crippen molar-refractivity contribution in [3.05, 3.63) is 114 Å². The summed E-state index contributed by atoms with van der Waals surface area (Å²) in [6.45, 7) is 0. The Balaban J connectivity index is 1.29. The summed E-state index contributed by atoms with van der Waals surface area (Å²) >= 11 is 0. The summed E-state index contributed by atoms with van der Waals surface area (Å²) in [6, 6.07) is 31.5. The third kappa shape index (κ3) is 2.82. The van der Waals surface area contributed by atoms with Gasteiger partial charge in [0.25, 0.3) is 0 Å². The van der Waals surface area contributed by atoms with E-state index in [2.05, 4.69) is 83.1 Å². The summed E-state index contributed by atoms with van der Waals surface area (Å²) < 4.78 is 0. The number of fused-ring (bicyclic) bond motifs is 4. The second kappa shape index (κ2) is 7.09. The standard InChI is InChI=1S/C30H21N3O/c34-29-30(25-10-5-13-31-28(25)33-29)17-23-15-22-11-12-26(32-27(22)16-24(23)18-30)21-9-4-8-20(14-21)19-6-2-1-3-7-19/h1-16H,17-18H2,(H,31,33,34). The molecule has 162 valence electrons. The van der Waals surface area contributed by atoms with Gasteiger partial charge in [0.15, 0.2) is 0 Å². The zero-order chi connectivity index (χ0) is 22.7. The van der Waals surface area contributed by atoms with Crippen LogP contribution >= 0.6 is 0 Å². The highest BCUT2D eigenvalue weighted by Gasteiger charge is 2.51. The third-order valence-electron chi connectivity index (χ3n) is 7.25. The molecule has 1 unspecified atom stereocenters. The predicted molar refractivity (Wildman–Crippen MR) is 135 cm³/mol. The quantitative estimate of drug-likeness (QED) is 0.370. The van der Waals surface area contributed by atoms with Crippen molar-refractivity contribution in [3.63, 3.8) is 0 Å². The number of benzene rings is 3. The van der Waals surface area contributed by atoms with E-state index in [0.29, 0.717) is 18.7 Å². The maximum absolute atomic E-state index is 13.0. The van der Waals surface area contributed by atoms with Gasteiger partial charge in [-0.05, 0) is 65.4 Å². The highest BCUT2D eigenvalue weighted by molar-refractivity contribution is 6.06. The molecule has 5 aromatic rings. The average molecular weight is 440 g/mol. The van der Waals surface area contributed by atoms with Gasteiger partial charge in [-0.3, -0.25) is 4.79 Å². The Morgan fingerprint density at radius 2 is 1.53 bits per heavy atom. The summed E-state index contributed by atoms with van der Waals surface area (Å²) in [4.78, 5) is 22.4. The highest BCUT2D eigenvalue weighted by atomic mass is 16.2. The number of anilines is 1. The molecule has 0 radical (unpaired) electrons. The van der Waals surface area contributed by atoms with Crippen LogP contribution in [0.5, 0.6) is 0 Å². The molecular weight excluding hydrogens is 418 g/mol. The lowest BCUT2D eigenvalue weighted by molar-refractivity contribution is -0.120. The molecule has 0 fully saturated rings. The Bertz CT molecular complexity index is 1610. The number of amides is 1. The maximum atomic E-state index is 13.0. The molecule has 1 atom stereocenters. The first-order valence-corrected chi connectivity index (χ1v) is 11.6. The number of hydrogen-bond acceptors (Lipinski definition) is 3. The molecule has 2 aliphatic rings. The fourth-order valence-corrected chi connectivity index (χ4v) is 5.54. The Kier molecular flexibility index (Phi) is 4.00. The van der Waals surface area contributed by atoms with E-state index in [0.717, 1.165) is 27.7 Å². The zero-order valence-electron chi connectivity index (χ0n) is 18.5. The van der Waals surface area contributed by atoms with Gasteiger partial charge in [-0.25, -0.2) is 9.97 Å². The van der Waals surface area contributed by atoms with Crippen LogP contribution in [0.2, 0.25) is 0 Å². The number of hydrogen-bond donors (Lipinski definition) is 1. The number of carbonyl (C=O) groups is 1. The van der Waals surface area contributed by atoms with E-state index in [1.54, 1.807) is 6.20 Å². The van der Waals surface area contributed by atoms with E-state index >= 15 is 0 Å². The van der Waals surface area contributed by atoms with Gasteiger partial charge in [-0.2, -0.15) is 0 Å². The first-order chi connectivity index (χ1) is 16.7. The number of carbonyl (C=O) groups excluding carboxylic acids is 1. The van der Waals surface area contributed by atoms with Crippen LogP contribution in [-0.2, 0) is 23.1 Å². The largest absolute Gasteiger partial charge is 0.310 e. The molecule has 4 nitrogen and oxygen atoms in total. The monoisotopic (exact) mass is 439 g/mol. The summed E-state index contributed by atoms with van der Waals surface area (Å²) in [5.74, 6) is 0.747. The Labute approximate surface area is 197 Å². The summed E-state index contributed by atoms with van der Waals surface area (Å²) in [6.07, 6.45) is 3.11. The second-order valence-corrected chi connectivity index (χ2v) is 9.25. The molecule has 1 N–H and O–H groups in total. The fourth-order valence-electron chi connectivity index (χ4n) is 5.54. The number of rotatable bonds is 2. The van der Waals surface area contributed by atoms with Crippen molar-refractivity contribution in [2.75, 3.05) is 5.32 Å². The molecule has 0 bridgehead atoms. The molecule has 0 saturated heterocycles. The van der Waals surface area contributed by atoms with Crippen molar-refractivity contribution in [1.82, 2.24) is 9.97 Å². The van der Waals surface area contributed by atoms with Crippen molar-refractivity contribution in [3.8, 4) is 22.4 Å². The van der Waals surface area contributed by atoms with Gasteiger partial charge in [0.1, 0.15) is 5.82 Å². The lowest BCUT2D eigenvalue weighted by Crippen LogP contribution is -2.35. The minimum atomic E-state index is -0.559. The molecular formula is C30H21N3O. The average Bonchev–Trinajstić information content (AvgIpc) is 3.39. The topological polar surface area (TPSA) is 54.9 Å². The molecule has 1 aliphatic carbocycles. The van der Waals surface area contributed by atoms with E-state index in [1.807, 2.05) is 18.2 Å². The van der Waals surface area contributed by atoms with Crippen molar-refractivity contribution in [2.24, 2.45) is 0 Å². The van der Waals surface area contributed by atoms with Gasteiger partial charge in [-0.1, -0.05) is 60.7 Å². The van der Waals surface area contributed by atoms with Crippen LogP contribution in [0.4, 0.5) is 5.82 Å². The summed E-state index contributed by atoms with van der Waals surface area (Å²) in [5.41, 5.74) is 8.24. The highest BCUT2D eigenvalue weighted by Crippen LogP contribution is 2.47. The molecule has 2 aromatic heterocycles.